The summed E-state index contributed by atoms with van der Waals surface area (Å²) in [4.78, 5) is 11.2. The third-order valence-corrected chi connectivity index (χ3v) is 2.51. The van der Waals surface area contributed by atoms with Crippen LogP contribution in [0.1, 0.15) is 12.0 Å². The second kappa shape index (κ2) is 7.14. The van der Waals surface area contributed by atoms with Crippen molar-refractivity contribution in [3.8, 4) is 5.75 Å². The lowest BCUT2D eigenvalue weighted by Crippen LogP contribution is -2.33. The van der Waals surface area contributed by atoms with E-state index in [2.05, 4.69) is 4.74 Å². The van der Waals surface area contributed by atoms with Crippen molar-refractivity contribution in [2.24, 2.45) is 5.73 Å². The molecule has 0 radical (unpaired) electrons. The van der Waals surface area contributed by atoms with Crippen LogP contribution in [0.25, 0.3) is 0 Å². The Balaban J connectivity index is 2.55. The zero-order chi connectivity index (χ0) is 15.2. The van der Waals surface area contributed by atoms with E-state index in [0.717, 1.165) is 0 Å². The lowest BCUT2D eigenvalue weighted by molar-refractivity contribution is -0.142. The molecule has 112 valence electrons. The van der Waals surface area contributed by atoms with Crippen LogP contribution in [0.15, 0.2) is 24.3 Å². The molecule has 0 spiro atoms. The first-order chi connectivity index (χ1) is 9.31. The molecule has 1 atom stereocenters. The molecule has 7 heteroatoms. The first kappa shape index (κ1) is 16.3. The highest BCUT2D eigenvalue weighted by Gasteiger charge is 2.26. The minimum Gasteiger partial charge on any atom is -0.493 e. The minimum absolute atomic E-state index is 0.225. The Hall–Kier alpha value is -1.76. The van der Waals surface area contributed by atoms with Crippen LogP contribution in [0.3, 0.4) is 0 Å². The van der Waals surface area contributed by atoms with Crippen LogP contribution in [0.4, 0.5) is 13.2 Å². The molecule has 0 unspecified atom stereocenters. The van der Waals surface area contributed by atoms with Crippen molar-refractivity contribution in [2.75, 3.05) is 13.7 Å². The van der Waals surface area contributed by atoms with Gasteiger partial charge in [-0.1, -0.05) is 12.1 Å². The molecule has 1 rings (SSSR count). The van der Waals surface area contributed by atoms with Crippen LogP contribution in [-0.2, 0) is 16.0 Å². The number of methoxy groups -OCH3 is 1. The molecule has 0 amide bonds. The van der Waals surface area contributed by atoms with E-state index in [1.807, 2.05) is 0 Å². The predicted molar refractivity (Wildman–Crippen MR) is 66.3 cm³/mol. The molecular weight excluding hydrogens is 275 g/mol. The zero-order valence-corrected chi connectivity index (χ0v) is 10.9. The average molecular weight is 291 g/mol. The Labute approximate surface area is 114 Å². The summed E-state index contributed by atoms with van der Waals surface area (Å²) in [7, 11) is 1.23. The topological polar surface area (TPSA) is 61.5 Å². The molecule has 0 aromatic heterocycles. The molecule has 0 bridgehead atoms. The van der Waals surface area contributed by atoms with E-state index in [0.29, 0.717) is 11.3 Å². The second-order valence-corrected chi connectivity index (χ2v) is 4.19. The Bertz CT molecular complexity index is 449. The molecule has 0 fully saturated rings. The normalized spacial score (nSPS) is 12.8. The standard InChI is InChI=1S/C13H16F3NO3/c1-19-12(18)11(17)8-9-3-2-4-10(7-9)20-6-5-13(14,15)16/h2-4,7,11H,5-6,8,17H2,1H3/t11-/m0/s1. The monoisotopic (exact) mass is 291 g/mol. The lowest BCUT2D eigenvalue weighted by atomic mass is 10.1. The van der Waals surface area contributed by atoms with Gasteiger partial charge in [0.15, 0.2) is 0 Å². The summed E-state index contributed by atoms with van der Waals surface area (Å²) in [6, 6.07) is 5.62. The summed E-state index contributed by atoms with van der Waals surface area (Å²) in [5.41, 5.74) is 6.29. The van der Waals surface area contributed by atoms with Crippen molar-refractivity contribution >= 4 is 5.97 Å². The van der Waals surface area contributed by atoms with Gasteiger partial charge in [-0.3, -0.25) is 4.79 Å². The van der Waals surface area contributed by atoms with Crippen LogP contribution in [0.2, 0.25) is 0 Å². The van der Waals surface area contributed by atoms with E-state index < -0.39 is 31.2 Å². The molecule has 1 aromatic rings. The number of esters is 1. The fourth-order valence-corrected chi connectivity index (χ4v) is 1.54. The van der Waals surface area contributed by atoms with Crippen molar-refractivity contribution in [2.45, 2.75) is 25.1 Å². The van der Waals surface area contributed by atoms with E-state index in [9.17, 15) is 18.0 Å². The quantitative estimate of drug-likeness (QED) is 0.815. The Morgan fingerprint density at radius 3 is 2.70 bits per heavy atom. The first-order valence-corrected chi connectivity index (χ1v) is 5.93. The van der Waals surface area contributed by atoms with Gasteiger partial charge in [0.25, 0.3) is 0 Å². The molecular formula is C13H16F3NO3. The molecule has 0 aliphatic rings. The third kappa shape index (κ3) is 5.92. The molecule has 0 heterocycles. The van der Waals surface area contributed by atoms with Gasteiger partial charge in [-0.15, -0.1) is 0 Å². The number of carbonyl (C=O) groups is 1. The van der Waals surface area contributed by atoms with Crippen LogP contribution in [0.5, 0.6) is 5.75 Å². The molecule has 2 N–H and O–H groups in total. The van der Waals surface area contributed by atoms with E-state index in [-0.39, 0.29) is 6.42 Å². The van der Waals surface area contributed by atoms with Gasteiger partial charge in [-0.25, -0.2) is 0 Å². The van der Waals surface area contributed by atoms with Gasteiger partial charge in [-0.2, -0.15) is 13.2 Å². The Kier molecular flexibility index (Phi) is 5.82. The molecule has 20 heavy (non-hydrogen) atoms. The van der Waals surface area contributed by atoms with E-state index >= 15 is 0 Å². The summed E-state index contributed by atoms with van der Waals surface area (Å²) in [5, 5.41) is 0. The summed E-state index contributed by atoms with van der Waals surface area (Å²) < 4.78 is 45.5. The van der Waals surface area contributed by atoms with Gasteiger partial charge in [0, 0.05) is 0 Å². The van der Waals surface area contributed by atoms with Crippen LogP contribution in [0, 0.1) is 0 Å². The van der Waals surface area contributed by atoms with Gasteiger partial charge in [0.1, 0.15) is 11.8 Å². The molecule has 0 aliphatic heterocycles. The van der Waals surface area contributed by atoms with Crippen LogP contribution in [-0.4, -0.2) is 31.9 Å². The van der Waals surface area contributed by atoms with Crippen molar-refractivity contribution in [1.82, 2.24) is 0 Å². The second-order valence-electron chi connectivity index (χ2n) is 4.19. The fourth-order valence-electron chi connectivity index (χ4n) is 1.54. The maximum absolute atomic E-state index is 12.0. The van der Waals surface area contributed by atoms with Gasteiger partial charge in [-0.05, 0) is 24.1 Å². The number of hydrogen-bond donors (Lipinski definition) is 1. The van der Waals surface area contributed by atoms with Crippen molar-refractivity contribution < 1.29 is 27.4 Å². The molecule has 4 nitrogen and oxygen atoms in total. The Morgan fingerprint density at radius 2 is 2.10 bits per heavy atom. The predicted octanol–water partition coefficient (Wildman–Crippen LogP) is 2.06. The van der Waals surface area contributed by atoms with E-state index in [1.165, 1.54) is 7.11 Å². The minimum atomic E-state index is -4.25. The molecule has 0 saturated carbocycles. The number of carbonyl (C=O) groups excluding carboxylic acids is 1. The number of benzene rings is 1. The van der Waals surface area contributed by atoms with E-state index in [1.54, 1.807) is 24.3 Å². The highest BCUT2D eigenvalue weighted by atomic mass is 19.4. The number of rotatable bonds is 6. The Morgan fingerprint density at radius 1 is 1.40 bits per heavy atom. The number of hydrogen-bond acceptors (Lipinski definition) is 4. The van der Waals surface area contributed by atoms with Crippen molar-refractivity contribution in [3.63, 3.8) is 0 Å². The summed E-state index contributed by atoms with van der Waals surface area (Å²) in [6.45, 7) is -0.448. The highest BCUT2D eigenvalue weighted by molar-refractivity contribution is 5.75. The largest absolute Gasteiger partial charge is 0.493 e. The number of nitrogens with two attached hydrogens (primary N) is 1. The number of alkyl halides is 3. The van der Waals surface area contributed by atoms with Gasteiger partial charge < -0.3 is 15.2 Å². The van der Waals surface area contributed by atoms with Gasteiger partial charge in [0.2, 0.25) is 0 Å². The highest BCUT2D eigenvalue weighted by Crippen LogP contribution is 2.21. The summed E-state index contributed by atoms with van der Waals surface area (Å²) in [5.74, 6) is -0.239. The number of ether oxygens (including phenoxy) is 2. The van der Waals surface area contributed by atoms with Gasteiger partial charge >= 0.3 is 12.1 Å². The smallest absolute Gasteiger partial charge is 0.392 e. The summed E-state index contributed by atoms with van der Waals surface area (Å²) in [6.07, 6.45) is -5.03. The lowest BCUT2D eigenvalue weighted by Gasteiger charge is -2.12. The average Bonchev–Trinajstić information content (AvgIpc) is 2.36. The van der Waals surface area contributed by atoms with Gasteiger partial charge in [0.05, 0.1) is 20.1 Å². The third-order valence-electron chi connectivity index (χ3n) is 2.51. The van der Waals surface area contributed by atoms with Crippen LogP contribution < -0.4 is 10.5 Å². The maximum Gasteiger partial charge on any atom is 0.392 e. The first-order valence-electron chi connectivity index (χ1n) is 5.93. The fraction of sp³-hybridized carbons (Fsp3) is 0.462. The zero-order valence-electron chi connectivity index (χ0n) is 10.9. The summed E-state index contributed by atoms with van der Waals surface area (Å²) >= 11 is 0. The molecule has 0 saturated heterocycles. The number of halogens is 3. The SMILES string of the molecule is COC(=O)[C@@H](N)Cc1cccc(OCCC(F)(F)F)c1. The molecule has 0 aliphatic carbocycles. The van der Waals surface area contributed by atoms with Crippen molar-refractivity contribution in [3.05, 3.63) is 29.8 Å². The van der Waals surface area contributed by atoms with Crippen LogP contribution >= 0.6 is 0 Å². The molecule has 1 aromatic carbocycles. The van der Waals surface area contributed by atoms with E-state index in [4.69, 9.17) is 10.5 Å². The van der Waals surface area contributed by atoms with Crippen molar-refractivity contribution in [1.29, 1.82) is 0 Å². The maximum atomic E-state index is 12.0.